The van der Waals surface area contributed by atoms with Gasteiger partial charge in [-0.25, -0.2) is 0 Å². The minimum absolute atomic E-state index is 0.798. The van der Waals surface area contributed by atoms with Crippen LogP contribution in [0, 0.1) is 0 Å². The van der Waals surface area contributed by atoms with Gasteiger partial charge in [-0.05, 0) is 45.9 Å². The highest BCUT2D eigenvalue weighted by Gasteiger charge is 2.29. The first-order valence-electron chi connectivity index (χ1n) is 6.46. The number of rotatable bonds is 3. The van der Waals surface area contributed by atoms with E-state index >= 15 is 0 Å². The number of nitrogens with one attached hydrogen (secondary N) is 1. The van der Waals surface area contributed by atoms with Crippen LogP contribution in [-0.2, 0) is 0 Å². The van der Waals surface area contributed by atoms with Crippen molar-refractivity contribution in [3.8, 4) is 0 Å². The maximum atomic E-state index is 3.48. The third-order valence-electron chi connectivity index (χ3n) is 3.94. The molecule has 3 heteroatoms. The van der Waals surface area contributed by atoms with Crippen LogP contribution in [0.3, 0.4) is 0 Å². The molecule has 2 fully saturated rings. The quantitative estimate of drug-likeness (QED) is 0.744. The van der Waals surface area contributed by atoms with E-state index < -0.39 is 0 Å². The molecule has 3 nitrogen and oxygen atoms in total. The van der Waals surface area contributed by atoms with E-state index in [1.807, 2.05) is 0 Å². The summed E-state index contributed by atoms with van der Waals surface area (Å²) in [6.07, 6.45) is 4.11. The minimum Gasteiger partial charge on any atom is -0.315 e. The Hall–Kier alpha value is -0.120. The van der Waals surface area contributed by atoms with Crippen molar-refractivity contribution >= 4 is 0 Å². The molecule has 0 amide bonds. The summed E-state index contributed by atoms with van der Waals surface area (Å²) in [6.45, 7) is 8.50. The lowest BCUT2D eigenvalue weighted by Gasteiger charge is -2.40. The number of piperidine rings is 1. The van der Waals surface area contributed by atoms with Crippen LogP contribution in [0.25, 0.3) is 0 Å². The van der Waals surface area contributed by atoms with Crippen molar-refractivity contribution in [1.29, 1.82) is 0 Å². The molecule has 0 bridgehead atoms. The molecular weight excluding hydrogens is 186 g/mol. The molecule has 0 aromatic heterocycles. The number of hydrogen-bond acceptors (Lipinski definition) is 3. The highest BCUT2D eigenvalue weighted by molar-refractivity contribution is 4.87. The van der Waals surface area contributed by atoms with Crippen LogP contribution < -0.4 is 5.32 Å². The summed E-state index contributed by atoms with van der Waals surface area (Å²) in [6, 6.07) is 1.60. The third-order valence-corrected chi connectivity index (χ3v) is 3.94. The Labute approximate surface area is 93.8 Å². The Morgan fingerprint density at radius 1 is 1.33 bits per heavy atom. The Bertz CT molecular complexity index is 189. The lowest BCUT2D eigenvalue weighted by molar-refractivity contribution is 0.0855. The molecule has 2 atom stereocenters. The van der Waals surface area contributed by atoms with Crippen molar-refractivity contribution in [3.05, 3.63) is 0 Å². The number of likely N-dealkylation sites (tertiary alicyclic amines) is 1. The van der Waals surface area contributed by atoms with Crippen LogP contribution in [0.2, 0.25) is 0 Å². The highest BCUT2D eigenvalue weighted by atomic mass is 15.3. The van der Waals surface area contributed by atoms with Crippen molar-refractivity contribution in [2.75, 3.05) is 39.8 Å². The van der Waals surface area contributed by atoms with E-state index in [-0.39, 0.29) is 0 Å². The molecule has 2 rings (SSSR count). The number of nitrogens with zero attached hydrogens (tertiary/aromatic N) is 2. The van der Waals surface area contributed by atoms with Gasteiger partial charge in [-0.1, -0.05) is 6.92 Å². The van der Waals surface area contributed by atoms with Crippen LogP contribution >= 0.6 is 0 Å². The summed E-state index contributed by atoms with van der Waals surface area (Å²) in [5.41, 5.74) is 0. The number of hydrogen-bond donors (Lipinski definition) is 1. The summed E-state index contributed by atoms with van der Waals surface area (Å²) in [5.74, 6) is 0. The topological polar surface area (TPSA) is 18.5 Å². The second kappa shape index (κ2) is 5.28. The predicted molar refractivity (Wildman–Crippen MR) is 64.2 cm³/mol. The zero-order chi connectivity index (χ0) is 10.7. The van der Waals surface area contributed by atoms with Gasteiger partial charge in [0.05, 0.1) is 0 Å². The van der Waals surface area contributed by atoms with Crippen molar-refractivity contribution in [1.82, 2.24) is 15.1 Å². The van der Waals surface area contributed by atoms with Crippen molar-refractivity contribution in [3.63, 3.8) is 0 Å². The fourth-order valence-electron chi connectivity index (χ4n) is 3.15. The fourth-order valence-corrected chi connectivity index (χ4v) is 3.15. The lowest BCUT2D eigenvalue weighted by Crippen LogP contribution is -2.51. The van der Waals surface area contributed by atoms with Gasteiger partial charge >= 0.3 is 0 Å². The standard InChI is InChI=1S/C12H25N3/c1-3-15(11-6-7-13-9-11)12-5-4-8-14(2)10-12/h11-13H,3-10H2,1-2H3. The van der Waals surface area contributed by atoms with Crippen LogP contribution in [0.4, 0.5) is 0 Å². The summed E-state index contributed by atoms with van der Waals surface area (Å²) in [5, 5.41) is 3.48. The molecular formula is C12H25N3. The molecule has 2 saturated heterocycles. The SMILES string of the molecule is CCN(C1CCNC1)C1CCCN(C)C1. The first-order chi connectivity index (χ1) is 7.31. The predicted octanol–water partition coefficient (Wildman–Crippen LogP) is 0.764. The Morgan fingerprint density at radius 3 is 2.80 bits per heavy atom. The molecule has 0 radical (unpaired) electrons. The molecule has 15 heavy (non-hydrogen) atoms. The zero-order valence-corrected chi connectivity index (χ0v) is 10.2. The minimum atomic E-state index is 0.798. The largest absolute Gasteiger partial charge is 0.315 e. The molecule has 88 valence electrons. The summed E-state index contributed by atoms with van der Waals surface area (Å²) < 4.78 is 0. The van der Waals surface area contributed by atoms with Crippen LogP contribution in [0.15, 0.2) is 0 Å². The van der Waals surface area contributed by atoms with Gasteiger partial charge in [0.2, 0.25) is 0 Å². The van der Waals surface area contributed by atoms with Gasteiger partial charge in [-0.15, -0.1) is 0 Å². The van der Waals surface area contributed by atoms with Crippen molar-refractivity contribution in [2.45, 2.75) is 38.3 Å². The monoisotopic (exact) mass is 211 g/mol. The average molecular weight is 211 g/mol. The molecule has 0 spiro atoms. The van der Waals surface area contributed by atoms with Gasteiger partial charge in [0.25, 0.3) is 0 Å². The van der Waals surface area contributed by atoms with Gasteiger partial charge in [0, 0.05) is 25.2 Å². The van der Waals surface area contributed by atoms with E-state index in [9.17, 15) is 0 Å². The van der Waals surface area contributed by atoms with Gasteiger partial charge < -0.3 is 10.2 Å². The molecule has 1 N–H and O–H groups in total. The first-order valence-corrected chi connectivity index (χ1v) is 6.46. The van der Waals surface area contributed by atoms with Crippen molar-refractivity contribution in [2.24, 2.45) is 0 Å². The smallest absolute Gasteiger partial charge is 0.0236 e. The normalized spacial score (nSPS) is 33.8. The second-order valence-electron chi connectivity index (χ2n) is 5.04. The Balaban J connectivity index is 1.92. The second-order valence-corrected chi connectivity index (χ2v) is 5.04. The maximum absolute atomic E-state index is 3.48. The molecule has 0 aromatic rings. The van der Waals surface area contributed by atoms with Crippen LogP contribution in [0.5, 0.6) is 0 Å². The molecule has 2 aliphatic heterocycles. The Morgan fingerprint density at radius 2 is 2.20 bits per heavy atom. The van der Waals surface area contributed by atoms with Crippen LogP contribution in [-0.4, -0.2) is 61.7 Å². The van der Waals surface area contributed by atoms with Gasteiger partial charge in [-0.3, -0.25) is 4.90 Å². The Kier molecular flexibility index (Phi) is 4.00. The molecule has 2 aliphatic rings. The fraction of sp³-hybridized carbons (Fsp3) is 1.00. The van der Waals surface area contributed by atoms with Gasteiger partial charge in [0.15, 0.2) is 0 Å². The van der Waals surface area contributed by atoms with Gasteiger partial charge in [-0.2, -0.15) is 0 Å². The van der Waals surface area contributed by atoms with E-state index in [1.165, 1.54) is 52.0 Å². The average Bonchev–Trinajstić information content (AvgIpc) is 2.72. The van der Waals surface area contributed by atoms with E-state index in [0.29, 0.717) is 0 Å². The first kappa shape index (κ1) is 11.4. The third kappa shape index (κ3) is 2.71. The van der Waals surface area contributed by atoms with Gasteiger partial charge in [0.1, 0.15) is 0 Å². The maximum Gasteiger partial charge on any atom is 0.0236 e. The lowest BCUT2D eigenvalue weighted by atomic mass is 10.0. The van der Waals surface area contributed by atoms with E-state index in [4.69, 9.17) is 0 Å². The van der Waals surface area contributed by atoms with E-state index in [1.54, 1.807) is 0 Å². The van der Waals surface area contributed by atoms with Crippen molar-refractivity contribution < 1.29 is 0 Å². The van der Waals surface area contributed by atoms with E-state index in [2.05, 4.69) is 29.1 Å². The number of likely N-dealkylation sites (N-methyl/N-ethyl adjacent to an activating group) is 2. The molecule has 0 aromatic carbocycles. The zero-order valence-electron chi connectivity index (χ0n) is 10.2. The van der Waals surface area contributed by atoms with Crippen LogP contribution in [0.1, 0.15) is 26.2 Å². The summed E-state index contributed by atoms with van der Waals surface area (Å²) in [7, 11) is 2.26. The van der Waals surface area contributed by atoms with E-state index in [0.717, 1.165) is 12.1 Å². The molecule has 2 unspecified atom stereocenters. The molecule has 0 aliphatic carbocycles. The molecule has 2 heterocycles. The highest BCUT2D eigenvalue weighted by Crippen LogP contribution is 2.19. The summed E-state index contributed by atoms with van der Waals surface area (Å²) >= 11 is 0. The summed E-state index contributed by atoms with van der Waals surface area (Å²) in [4.78, 5) is 5.22. The molecule has 0 saturated carbocycles.